The molecule has 0 aromatic rings. The molecular formula is C8H17NO. The predicted octanol–water partition coefficient (Wildman–Crippen LogP) is 1.35. The van der Waals surface area contributed by atoms with Gasteiger partial charge in [-0.3, -0.25) is 4.79 Å². The first-order valence-electron chi connectivity index (χ1n) is 3.93. The summed E-state index contributed by atoms with van der Waals surface area (Å²) in [5.74, 6) is 0.215. The summed E-state index contributed by atoms with van der Waals surface area (Å²) in [4.78, 5) is 10.5. The monoisotopic (exact) mass is 143 g/mol. The van der Waals surface area contributed by atoms with Crippen LogP contribution >= 0.6 is 0 Å². The van der Waals surface area contributed by atoms with Gasteiger partial charge in [-0.25, -0.2) is 0 Å². The second-order valence-corrected chi connectivity index (χ2v) is 2.60. The Labute approximate surface area is 63.0 Å². The lowest BCUT2D eigenvalue weighted by atomic mass is 10.2. The fourth-order valence-corrected chi connectivity index (χ4v) is 0.865. The lowest BCUT2D eigenvalue weighted by Crippen LogP contribution is -2.31. The molecule has 0 spiro atoms. The third-order valence-electron chi connectivity index (χ3n) is 1.63. The van der Waals surface area contributed by atoms with Gasteiger partial charge in [-0.1, -0.05) is 13.8 Å². The second kappa shape index (κ2) is 5.42. The lowest BCUT2D eigenvalue weighted by molar-refractivity contribution is -0.116. The number of rotatable bonds is 5. The van der Waals surface area contributed by atoms with E-state index in [4.69, 9.17) is 0 Å². The molecule has 0 aromatic heterocycles. The van der Waals surface area contributed by atoms with Gasteiger partial charge in [0.15, 0.2) is 0 Å². The molecule has 0 radical (unpaired) electrons. The van der Waals surface area contributed by atoms with Crippen LogP contribution in [0.2, 0.25) is 0 Å². The summed E-state index contributed by atoms with van der Waals surface area (Å²) in [7, 11) is 0. The molecule has 0 aromatic carbocycles. The standard InChI is InChI=1S/C8H17NO/c1-4-8(5-2)9-6-7(3)10/h8-9H,4-6H2,1-3H3. The summed E-state index contributed by atoms with van der Waals surface area (Å²) in [6, 6.07) is 0.518. The van der Waals surface area contributed by atoms with Crippen LogP contribution in [-0.4, -0.2) is 18.4 Å². The van der Waals surface area contributed by atoms with Crippen LogP contribution in [-0.2, 0) is 4.79 Å². The van der Waals surface area contributed by atoms with E-state index in [1.807, 2.05) is 0 Å². The molecule has 0 saturated carbocycles. The molecule has 0 fully saturated rings. The van der Waals surface area contributed by atoms with Crippen molar-refractivity contribution in [2.24, 2.45) is 0 Å². The molecule has 0 bridgehead atoms. The Kier molecular flexibility index (Phi) is 5.22. The topological polar surface area (TPSA) is 29.1 Å². The van der Waals surface area contributed by atoms with E-state index in [1.165, 1.54) is 0 Å². The van der Waals surface area contributed by atoms with Gasteiger partial charge >= 0.3 is 0 Å². The summed E-state index contributed by atoms with van der Waals surface area (Å²) in [6.45, 7) is 6.38. The van der Waals surface area contributed by atoms with Gasteiger partial charge in [0.05, 0.1) is 6.54 Å². The van der Waals surface area contributed by atoms with E-state index in [9.17, 15) is 4.79 Å². The zero-order valence-corrected chi connectivity index (χ0v) is 7.11. The van der Waals surface area contributed by atoms with E-state index in [2.05, 4.69) is 19.2 Å². The van der Waals surface area contributed by atoms with Gasteiger partial charge in [0.2, 0.25) is 0 Å². The molecule has 1 N–H and O–H groups in total. The molecule has 10 heavy (non-hydrogen) atoms. The van der Waals surface area contributed by atoms with Crippen LogP contribution in [0.3, 0.4) is 0 Å². The van der Waals surface area contributed by atoms with Crippen molar-refractivity contribution in [3.8, 4) is 0 Å². The van der Waals surface area contributed by atoms with E-state index < -0.39 is 0 Å². The van der Waals surface area contributed by atoms with Crippen molar-refractivity contribution in [2.75, 3.05) is 6.54 Å². The maximum absolute atomic E-state index is 10.5. The van der Waals surface area contributed by atoms with Crippen LogP contribution in [0.1, 0.15) is 33.6 Å². The number of hydrogen-bond acceptors (Lipinski definition) is 2. The molecule has 0 aliphatic heterocycles. The average Bonchev–Trinajstić information content (AvgIpc) is 1.90. The van der Waals surface area contributed by atoms with Crippen LogP contribution in [0, 0.1) is 0 Å². The first-order chi connectivity index (χ1) is 4.70. The van der Waals surface area contributed by atoms with Crippen molar-refractivity contribution in [2.45, 2.75) is 39.7 Å². The van der Waals surface area contributed by atoms with Crippen molar-refractivity contribution in [3.63, 3.8) is 0 Å². The van der Waals surface area contributed by atoms with E-state index in [1.54, 1.807) is 6.92 Å². The van der Waals surface area contributed by atoms with E-state index >= 15 is 0 Å². The van der Waals surface area contributed by atoms with Gasteiger partial charge in [-0.05, 0) is 19.8 Å². The molecule has 0 saturated heterocycles. The van der Waals surface area contributed by atoms with Crippen molar-refractivity contribution in [1.29, 1.82) is 0 Å². The first-order valence-corrected chi connectivity index (χ1v) is 3.93. The quantitative estimate of drug-likeness (QED) is 0.629. The normalized spacial score (nSPS) is 10.4. The van der Waals surface area contributed by atoms with E-state index in [0.717, 1.165) is 12.8 Å². The number of hydrogen-bond donors (Lipinski definition) is 1. The summed E-state index contributed by atoms with van der Waals surface area (Å²) in [6.07, 6.45) is 2.20. The van der Waals surface area contributed by atoms with Crippen LogP contribution < -0.4 is 5.32 Å². The highest BCUT2D eigenvalue weighted by Crippen LogP contribution is 1.94. The highest BCUT2D eigenvalue weighted by atomic mass is 16.1. The average molecular weight is 143 g/mol. The molecule has 0 aliphatic carbocycles. The summed E-state index contributed by atoms with van der Waals surface area (Å²) in [5.41, 5.74) is 0. The number of Topliss-reactive ketones (excluding diaryl/α,β-unsaturated/α-hetero) is 1. The Morgan fingerprint density at radius 2 is 1.90 bits per heavy atom. The summed E-state index contributed by atoms with van der Waals surface area (Å²) < 4.78 is 0. The van der Waals surface area contributed by atoms with Gasteiger partial charge in [-0.15, -0.1) is 0 Å². The molecule has 0 rings (SSSR count). The number of ketones is 1. The molecular weight excluding hydrogens is 126 g/mol. The molecule has 0 amide bonds. The first kappa shape index (κ1) is 9.63. The smallest absolute Gasteiger partial charge is 0.143 e. The van der Waals surface area contributed by atoms with Crippen molar-refractivity contribution in [1.82, 2.24) is 5.32 Å². The SMILES string of the molecule is CCC(CC)NCC(C)=O. The third kappa shape index (κ3) is 4.50. The molecule has 0 aliphatic rings. The predicted molar refractivity (Wildman–Crippen MR) is 43.1 cm³/mol. The maximum Gasteiger partial charge on any atom is 0.143 e. The zero-order chi connectivity index (χ0) is 7.98. The van der Waals surface area contributed by atoms with Gasteiger partial charge < -0.3 is 5.32 Å². The summed E-state index contributed by atoms with van der Waals surface area (Å²) in [5, 5.41) is 3.17. The van der Waals surface area contributed by atoms with E-state index in [0.29, 0.717) is 12.6 Å². The number of carbonyl (C=O) groups is 1. The highest BCUT2D eigenvalue weighted by Gasteiger charge is 2.01. The van der Waals surface area contributed by atoms with Crippen LogP contribution in [0.25, 0.3) is 0 Å². The van der Waals surface area contributed by atoms with Crippen LogP contribution in [0.15, 0.2) is 0 Å². The third-order valence-corrected chi connectivity index (χ3v) is 1.63. The molecule has 60 valence electrons. The Morgan fingerprint density at radius 3 is 2.20 bits per heavy atom. The Hall–Kier alpha value is -0.370. The minimum Gasteiger partial charge on any atom is -0.307 e. The fraction of sp³-hybridized carbons (Fsp3) is 0.875. The largest absolute Gasteiger partial charge is 0.307 e. The maximum atomic E-state index is 10.5. The lowest BCUT2D eigenvalue weighted by Gasteiger charge is -2.12. The number of carbonyl (C=O) groups excluding carboxylic acids is 1. The number of nitrogens with one attached hydrogen (secondary N) is 1. The highest BCUT2D eigenvalue weighted by molar-refractivity contribution is 5.77. The van der Waals surface area contributed by atoms with Gasteiger partial charge in [0.1, 0.15) is 5.78 Å². The van der Waals surface area contributed by atoms with Gasteiger partial charge in [0, 0.05) is 6.04 Å². The molecule has 0 heterocycles. The Balaban J connectivity index is 3.34. The van der Waals surface area contributed by atoms with Gasteiger partial charge in [-0.2, -0.15) is 0 Å². The van der Waals surface area contributed by atoms with Crippen molar-refractivity contribution in [3.05, 3.63) is 0 Å². The zero-order valence-electron chi connectivity index (χ0n) is 7.11. The fourth-order valence-electron chi connectivity index (χ4n) is 0.865. The van der Waals surface area contributed by atoms with E-state index in [-0.39, 0.29) is 5.78 Å². The molecule has 0 unspecified atom stereocenters. The van der Waals surface area contributed by atoms with Crippen LogP contribution in [0.5, 0.6) is 0 Å². The summed E-state index contributed by atoms with van der Waals surface area (Å²) >= 11 is 0. The minimum atomic E-state index is 0.215. The van der Waals surface area contributed by atoms with Crippen LogP contribution in [0.4, 0.5) is 0 Å². The van der Waals surface area contributed by atoms with Gasteiger partial charge in [0.25, 0.3) is 0 Å². The second-order valence-electron chi connectivity index (χ2n) is 2.60. The van der Waals surface area contributed by atoms with Crippen molar-refractivity contribution < 1.29 is 4.79 Å². The molecule has 2 nitrogen and oxygen atoms in total. The molecule has 2 heteroatoms. The Morgan fingerprint density at radius 1 is 1.40 bits per heavy atom. The Bertz CT molecular complexity index is 97.4. The molecule has 0 atom stereocenters. The minimum absolute atomic E-state index is 0.215. The van der Waals surface area contributed by atoms with Crippen molar-refractivity contribution >= 4 is 5.78 Å².